The van der Waals surface area contributed by atoms with E-state index in [0.717, 1.165) is 43.9 Å². The Morgan fingerprint density at radius 2 is 2.14 bits per heavy atom. The molecule has 0 unspecified atom stereocenters. The number of non-ortho nitro benzene ring substituents is 1. The van der Waals surface area contributed by atoms with Gasteiger partial charge in [-0.05, 0) is 30.7 Å². The van der Waals surface area contributed by atoms with Crippen LogP contribution in [0.3, 0.4) is 0 Å². The smallest absolute Gasteiger partial charge is 0.273 e. The summed E-state index contributed by atoms with van der Waals surface area (Å²) < 4.78 is 0. The number of benzene rings is 1. The summed E-state index contributed by atoms with van der Waals surface area (Å²) in [6, 6.07) is 5.34. The maximum atomic E-state index is 11.1. The standard InChI is InChI=1S/C16H25N3O2/c1-4-7-17-13-9-14(11-15(10-13)19(20)21)18-8-5-6-16(2,3)12-18/h9-11,17H,4-8,12H2,1-3H3. The Morgan fingerprint density at radius 3 is 2.76 bits per heavy atom. The van der Waals surface area contributed by atoms with E-state index < -0.39 is 0 Å². The van der Waals surface area contributed by atoms with Crippen LogP contribution in [0, 0.1) is 15.5 Å². The van der Waals surface area contributed by atoms with Crippen molar-refractivity contribution in [3.8, 4) is 0 Å². The molecule has 0 radical (unpaired) electrons. The largest absolute Gasteiger partial charge is 0.385 e. The van der Waals surface area contributed by atoms with Crippen molar-refractivity contribution in [2.75, 3.05) is 29.9 Å². The number of nitro groups is 1. The van der Waals surface area contributed by atoms with Crippen molar-refractivity contribution in [3.05, 3.63) is 28.3 Å². The van der Waals surface area contributed by atoms with Gasteiger partial charge in [-0.1, -0.05) is 20.8 Å². The highest BCUT2D eigenvalue weighted by atomic mass is 16.6. The van der Waals surface area contributed by atoms with Crippen LogP contribution in [0.15, 0.2) is 18.2 Å². The molecule has 116 valence electrons. The van der Waals surface area contributed by atoms with Crippen molar-refractivity contribution < 1.29 is 4.92 Å². The van der Waals surface area contributed by atoms with E-state index >= 15 is 0 Å². The van der Waals surface area contributed by atoms with E-state index in [1.165, 1.54) is 6.42 Å². The number of hydrogen-bond donors (Lipinski definition) is 1. The van der Waals surface area contributed by atoms with Crippen LogP contribution in [-0.2, 0) is 0 Å². The summed E-state index contributed by atoms with van der Waals surface area (Å²) in [6.07, 6.45) is 3.33. The van der Waals surface area contributed by atoms with Gasteiger partial charge in [0.05, 0.1) is 4.92 Å². The second-order valence-electron chi connectivity index (χ2n) is 6.61. The lowest BCUT2D eigenvalue weighted by Crippen LogP contribution is -2.40. The van der Waals surface area contributed by atoms with Crippen LogP contribution in [0.25, 0.3) is 0 Å². The molecule has 2 rings (SSSR count). The topological polar surface area (TPSA) is 58.4 Å². The molecule has 0 amide bonds. The van der Waals surface area contributed by atoms with Crippen LogP contribution in [0.1, 0.15) is 40.0 Å². The monoisotopic (exact) mass is 291 g/mol. The van der Waals surface area contributed by atoms with Crippen LogP contribution in [0.2, 0.25) is 0 Å². The quantitative estimate of drug-likeness (QED) is 0.657. The van der Waals surface area contributed by atoms with E-state index in [4.69, 9.17) is 0 Å². The zero-order valence-corrected chi connectivity index (χ0v) is 13.2. The maximum Gasteiger partial charge on any atom is 0.273 e. The average molecular weight is 291 g/mol. The van der Waals surface area contributed by atoms with E-state index in [9.17, 15) is 10.1 Å². The fraction of sp³-hybridized carbons (Fsp3) is 0.625. The third-order valence-corrected chi connectivity index (χ3v) is 3.96. The molecule has 0 atom stereocenters. The molecule has 5 heteroatoms. The number of anilines is 2. The van der Waals surface area contributed by atoms with E-state index in [1.54, 1.807) is 12.1 Å². The highest BCUT2D eigenvalue weighted by Gasteiger charge is 2.27. The molecule has 1 saturated heterocycles. The molecule has 1 aromatic carbocycles. The van der Waals surface area contributed by atoms with Crippen LogP contribution in [0.5, 0.6) is 0 Å². The second-order valence-corrected chi connectivity index (χ2v) is 6.61. The molecule has 1 aliphatic rings. The number of piperidine rings is 1. The summed E-state index contributed by atoms with van der Waals surface area (Å²) in [5, 5.41) is 14.4. The van der Waals surface area contributed by atoms with Crippen LogP contribution >= 0.6 is 0 Å². The van der Waals surface area contributed by atoms with Crippen molar-refractivity contribution >= 4 is 17.1 Å². The average Bonchev–Trinajstić information content (AvgIpc) is 2.43. The molecule has 1 heterocycles. The Balaban J connectivity index is 2.28. The Labute approximate surface area is 126 Å². The van der Waals surface area contributed by atoms with Crippen molar-refractivity contribution in [3.63, 3.8) is 0 Å². The van der Waals surface area contributed by atoms with Gasteiger partial charge in [-0.15, -0.1) is 0 Å². The minimum atomic E-state index is -0.310. The van der Waals surface area contributed by atoms with Gasteiger partial charge in [0.15, 0.2) is 0 Å². The van der Waals surface area contributed by atoms with Gasteiger partial charge >= 0.3 is 0 Å². The number of nitrogens with zero attached hydrogens (tertiary/aromatic N) is 2. The number of rotatable bonds is 5. The summed E-state index contributed by atoms with van der Waals surface area (Å²) in [5.41, 5.74) is 2.22. The molecule has 1 aromatic rings. The molecule has 5 nitrogen and oxygen atoms in total. The maximum absolute atomic E-state index is 11.1. The van der Waals surface area contributed by atoms with Gasteiger partial charge in [0.1, 0.15) is 0 Å². The lowest BCUT2D eigenvalue weighted by Gasteiger charge is -2.39. The number of nitro benzene ring substituents is 1. The Hall–Kier alpha value is -1.78. The minimum absolute atomic E-state index is 0.162. The summed E-state index contributed by atoms with van der Waals surface area (Å²) >= 11 is 0. The fourth-order valence-electron chi connectivity index (χ4n) is 2.90. The lowest BCUT2D eigenvalue weighted by atomic mass is 9.84. The first-order chi connectivity index (χ1) is 9.91. The van der Waals surface area contributed by atoms with Gasteiger partial charge in [0.2, 0.25) is 0 Å². The van der Waals surface area contributed by atoms with Crippen LogP contribution in [0.4, 0.5) is 17.1 Å². The zero-order valence-electron chi connectivity index (χ0n) is 13.2. The summed E-state index contributed by atoms with van der Waals surface area (Å²) in [4.78, 5) is 13.1. The highest BCUT2D eigenvalue weighted by Crippen LogP contribution is 2.34. The summed E-state index contributed by atoms with van der Waals surface area (Å²) in [5.74, 6) is 0. The Bertz CT molecular complexity index is 514. The predicted molar refractivity (Wildman–Crippen MR) is 87.1 cm³/mol. The van der Waals surface area contributed by atoms with E-state index in [1.807, 2.05) is 6.07 Å². The van der Waals surface area contributed by atoms with Gasteiger partial charge in [-0.2, -0.15) is 0 Å². The van der Waals surface area contributed by atoms with Crippen molar-refractivity contribution in [2.24, 2.45) is 5.41 Å². The van der Waals surface area contributed by atoms with Gasteiger partial charge in [-0.3, -0.25) is 10.1 Å². The molecule has 0 spiro atoms. The van der Waals surface area contributed by atoms with E-state index in [-0.39, 0.29) is 16.0 Å². The molecule has 0 aromatic heterocycles. The molecule has 1 N–H and O–H groups in total. The SMILES string of the molecule is CCCNc1cc(N2CCCC(C)(C)C2)cc([N+](=O)[O-])c1. The van der Waals surface area contributed by atoms with Crippen LogP contribution < -0.4 is 10.2 Å². The summed E-state index contributed by atoms with van der Waals surface area (Å²) in [6.45, 7) is 9.34. The predicted octanol–water partition coefficient (Wildman–Crippen LogP) is 4.04. The normalized spacial score (nSPS) is 17.6. The fourth-order valence-corrected chi connectivity index (χ4v) is 2.90. The van der Waals surface area contributed by atoms with Gasteiger partial charge in [0, 0.05) is 43.1 Å². The van der Waals surface area contributed by atoms with Crippen LogP contribution in [-0.4, -0.2) is 24.6 Å². The van der Waals surface area contributed by atoms with E-state index in [2.05, 4.69) is 31.0 Å². The number of hydrogen-bond acceptors (Lipinski definition) is 4. The second kappa shape index (κ2) is 6.33. The van der Waals surface area contributed by atoms with Crippen molar-refractivity contribution in [1.82, 2.24) is 0 Å². The Morgan fingerprint density at radius 1 is 1.38 bits per heavy atom. The summed E-state index contributed by atoms with van der Waals surface area (Å²) in [7, 11) is 0. The molecule has 0 aliphatic carbocycles. The third-order valence-electron chi connectivity index (χ3n) is 3.96. The van der Waals surface area contributed by atoms with E-state index in [0.29, 0.717) is 0 Å². The first kappa shape index (κ1) is 15.6. The van der Waals surface area contributed by atoms with Crippen molar-refractivity contribution in [1.29, 1.82) is 0 Å². The molecule has 0 bridgehead atoms. The van der Waals surface area contributed by atoms with Crippen molar-refractivity contribution in [2.45, 2.75) is 40.0 Å². The highest BCUT2D eigenvalue weighted by molar-refractivity contribution is 5.64. The van der Waals surface area contributed by atoms with Gasteiger partial charge < -0.3 is 10.2 Å². The lowest BCUT2D eigenvalue weighted by molar-refractivity contribution is -0.384. The number of nitrogens with one attached hydrogen (secondary N) is 1. The zero-order chi connectivity index (χ0) is 15.5. The first-order valence-electron chi connectivity index (χ1n) is 7.69. The molecule has 1 fully saturated rings. The first-order valence-corrected chi connectivity index (χ1v) is 7.69. The molecular weight excluding hydrogens is 266 g/mol. The van der Waals surface area contributed by atoms with Gasteiger partial charge in [0.25, 0.3) is 5.69 Å². The molecule has 1 aliphatic heterocycles. The molecule has 0 saturated carbocycles. The Kier molecular flexibility index (Phi) is 4.70. The minimum Gasteiger partial charge on any atom is -0.385 e. The van der Waals surface area contributed by atoms with Gasteiger partial charge in [-0.25, -0.2) is 0 Å². The molecule has 21 heavy (non-hydrogen) atoms. The molecular formula is C16H25N3O2. The third kappa shape index (κ3) is 4.09.